The average molecular weight is 274 g/mol. The monoisotopic (exact) mass is 274 g/mol. The number of halogens is 2. The second-order valence-electron chi connectivity index (χ2n) is 3.40. The van der Waals surface area contributed by atoms with E-state index >= 15 is 0 Å². The first-order valence-electron chi connectivity index (χ1n) is 4.66. The minimum absolute atomic E-state index is 0.122. The lowest BCUT2D eigenvalue weighted by Gasteiger charge is -2.08. The summed E-state index contributed by atoms with van der Waals surface area (Å²) in [5.41, 5.74) is 4.88. The molecule has 6 nitrogen and oxygen atoms in total. The van der Waals surface area contributed by atoms with E-state index in [1.54, 1.807) is 0 Å². The number of nitrogens with two attached hydrogens (primary N) is 1. The Kier molecular flexibility index (Phi) is 2.91. The Morgan fingerprint density at radius 3 is 2.61 bits per heavy atom. The molecular weight excluding hydrogens is 266 g/mol. The molecule has 0 amide bonds. The van der Waals surface area contributed by atoms with Gasteiger partial charge in [0.2, 0.25) is 0 Å². The smallest absolute Gasteiger partial charge is 0.264 e. The molecule has 0 bridgehead atoms. The third-order valence-electron chi connectivity index (χ3n) is 2.09. The summed E-state index contributed by atoms with van der Waals surface area (Å²) in [5.74, 6) is -2.24. The second-order valence-corrected chi connectivity index (χ2v) is 5.05. The molecule has 0 saturated heterocycles. The van der Waals surface area contributed by atoms with Crippen LogP contribution in [-0.4, -0.2) is 18.6 Å². The maximum absolute atomic E-state index is 13.4. The molecule has 0 aliphatic heterocycles. The minimum atomic E-state index is -4.18. The summed E-state index contributed by atoms with van der Waals surface area (Å²) in [7, 11) is -4.18. The zero-order valence-electron chi connectivity index (χ0n) is 8.81. The molecule has 2 rings (SSSR count). The number of nitrogens with one attached hydrogen (secondary N) is 2. The van der Waals surface area contributed by atoms with Crippen LogP contribution in [0.25, 0.3) is 0 Å². The molecule has 0 aliphatic carbocycles. The van der Waals surface area contributed by atoms with Crippen molar-refractivity contribution >= 4 is 21.4 Å². The molecule has 1 aromatic heterocycles. The largest absolute Gasteiger partial charge is 0.396 e. The molecule has 0 radical (unpaired) electrons. The van der Waals surface area contributed by atoms with E-state index in [-0.39, 0.29) is 5.69 Å². The van der Waals surface area contributed by atoms with E-state index in [1.807, 2.05) is 0 Å². The van der Waals surface area contributed by atoms with Crippen molar-refractivity contribution < 1.29 is 17.2 Å². The fourth-order valence-electron chi connectivity index (χ4n) is 1.27. The van der Waals surface area contributed by atoms with Crippen molar-refractivity contribution in [1.29, 1.82) is 0 Å². The van der Waals surface area contributed by atoms with Crippen LogP contribution in [0.3, 0.4) is 0 Å². The highest BCUT2D eigenvalue weighted by molar-refractivity contribution is 7.92. The van der Waals surface area contributed by atoms with Gasteiger partial charge in [-0.3, -0.25) is 9.82 Å². The van der Waals surface area contributed by atoms with Crippen molar-refractivity contribution in [3.8, 4) is 0 Å². The summed E-state index contributed by atoms with van der Waals surface area (Å²) >= 11 is 0. The number of nitrogen functional groups attached to an aromatic ring is 1. The molecule has 1 heterocycles. The fraction of sp³-hybridized carbons (Fsp3) is 0. The number of hydrogen-bond donors (Lipinski definition) is 3. The van der Waals surface area contributed by atoms with Crippen molar-refractivity contribution in [2.75, 3.05) is 10.5 Å². The molecule has 0 unspecified atom stereocenters. The molecule has 2 aromatic rings. The third-order valence-corrected chi connectivity index (χ3v) is 3.49. The zero-order chi connectivity index (χ0) is 13.3. The predicted molar refractivity (Wildman–Crippen MR) is 60.2 cm³/mol. The summed E-state index contributed by atoms with van der Waals surface area (Å²) < 4.78 is 52.0. The molecule has 0 spiro atoms. The number of nitrogens with zero attached hydrogens (tertiary/aromatic N) is 1. The van der Waals surface area contributed by atoms with Gasteiger partial charge in [0, 0.05) is 12.3 Å². The summed E-state index contributed by atoms with van der Waals surface area (Å²) in [6.07, 6.45) is 2.46. The van der Waals surface area contributed by atoms with Crippen LogP contribution in [0.1, 0.15) is 0 Å². The number of sulfonamides is 1. The van der Waals surface area contributed by atoms with E-state index in [0.29, 0.717) is 12.1 Å². The van der Waals surface area contributed by atoms with E-state index in [4.69, 9.17) is 5.73 Å². The molecule has 0 atom stereocenters. The normalized spacial score (nSPS) is 11.4. The number of benzene rings is 1. The summed E-state index contributed by atoms with van der Waals surface area (Å²) in [6.45, 7) is 0. The first kappa shape index (κ1) is 12.3. The van der Waals surface area contributed by atoms with Crippen LogP contribution in [0.15, 0.2) is 29.4 Å². The van der Waals surface area contributed by atoms with E-state index in [9.17, 15) is 17.2 Å². The van der Waals surface area contributed by atoms with Crippen molar-refractivity contribution in [1.82, 2.24) is 10.2 Å². The van der Waals surface area contributed by atoms with Crippen molar-refractivity contribution in [2.24, 2.45) is 0 Å². The lowest BCUT2D eigenvalue weighted by molar-refractivity contribution is 0.553. The molecule has 18 heavy (non-hydrogen) atoms. The Balaban J connectivity index is 2.44. The van der Waals surface area contributed by atoms with Crippen molar-refractivity contribution in [3.05, 3.63) is 36.2 Å². The van der Waals surface area contributed by atoms with Gasteiger partial charge in [-0.1, -0.05) is 0 Å². The van der Waals surface area contributed by atoms with Gasteiger partial charge in [-0.2, -0.15) is 5.10 Å². The highest BCUT2D eigenvalue weighted by Crippen LogP contribution is 2.22. The standard InChI is InChI=1S/C9H8F2N4O2S/c10-6-1-7(11)9(2-8(6)12)18(16,17)15-5-3-13-14-4-5/h1-4,15H,12H2,(H,13,14). The summed E-state index contributed by atoms with van der Waals surface area (Å²) in [6, 6.07) is 1.13. The Morgan fingerprint density at radius 1 is 1.28 bits per heavy atom. The third kappa shape index (κ3) is 2.25. The van der Waals surface area contributed by atoms with Crippen LogP contribution in [0.2, 0.25) is 0 Å². The summed E-state index contributed by atoms with van der Waals surface area (Å²) in [4.78, 5) is -0.734. The van der Waals surface area contributed by atoms with E-state index in [0.717, 1.165) is 0 Å². The van der Waals surface area contributed by atoms with Gasteiger partial charge in [0.25, 0.3) is 10.0 Å². The number of aromatic amines is 1. The van der Waals surface area contributed by atoms with Crippen LogP contribution in [0.4, 0.5) is 20.2 Å². The van der Waals surface area contributed by atoms with Crippen molar-refractivity contribution in [3.63, 3.8) is 0 Å². The molecule has 1 aromatic carbocycles. The van der Waals surface area contributed by atoms with Gasteiger partial charge >= 0.3 is 0 Å². The Bertz CT molecular complexity index is 670. The Morgan fingerprint density at radius 2 is 2.00 bits per heavy atom. The lowest BCUT2D eigenvalue weighted by Crippen LogP contribution is -2.15. The molecule has 4 N–H and O–H groups in total. The lowest BCUT2D eigenvalue weighted by atomic mass is 10.3. The van der Waals surface area contributed by atoms with Gasteiger partial charge < -0.3 is 5.73 Å². The van der Waals surface area contributed by atoms with Crippen LogP contribution in [0.5, 0.6) is 0 Å². The van der Waals surface area contributed by atoms with Gasteiger partial charge in [0.1, 0.15) is 16.5 Å². The first-order valence-corrected chi connectivity index (χ1v) is 6.14. The van der Waals surface area contributed by atoms with Gasteiger partial charge in [-0.15, -0.1) is 0 Å². The topological polar surface area (TPSA) is 101 Å². The molecular formula is C9H8F2N4O2S. The van der Waals surface area contributed by atoms with Crippen LogP contribution in [0, 0.1) is 11.6 Å². The maximum Gasteiger partial charge on any atom is 0.264 e. The molecule has 0 aliphatic rings. The Labute approximate surface area is 101 Å². The quantitative estimate of drug-likeness (QED) is 0.729. The number of anilines is 2. The SMILES string of the molecule is Nc1cc(S(=O)(=O)Nc2cn[nH]c2)c(F)cc1F. The minimum Gasteiger partial charge on any atom is -0.396 e. The van der Waals surface area contributed by atoms with Gasteiger partial charge in [0.05, 0.1) is 17.6 Å². The van der Waals surface area contributed by atoms with Crippen molar-refractivity contribution in [2.45, 2.75) is 4.90 Å². The maximum atomic E-state index is 13.4. The predicted octanol–water partition coefficient (Wildman–Crippen LogP) is 1.07. The zero-order valence-corrected chi connectivity index (χ0v) is 9.63. The molecule has 9 heteroatoms. The fourth-order valence-corrected chi connectivity index (χ4v) is 2.40. The van der Waals surface area contributed by atoms with Crippen LogP contribution in [-0.2, 0) is 10.0 Å². The van der Waals surface area contributed by atoms with Crippen LogP contribution >= 0.6 is 0 Å². The van der Waals surface area contributed by atoms with E-state index in [2.05, 4.69) is 14.9 Å². The number of aromatic nitrogens is 2. The molecule has 0 saturated carbocycles. The molecule has 96 valence electrons. The number of H-pyrrole nitrogens is 1. The highest BCUT2D eigenvalue weighted by Gasteiger charge is 2.21. The molecule has 0 fully saturated rings. The number of hydrogen-bond acceptors (Lipinski definition) is 4. The Hall–Kier alpha value is -2.16. The van der Waals surface area contributed by atoms with E-state index in [1.165, 1.54) is 12.4 Å². The second kappa shape index (κ2) is 4.26. The van der Waals surface area contributed by atoms with Gasteiger partial charge in [0.15, 0.2) is 0 Å². The van der Waals surface area contributed by atoms with Gasteiger partial charge in [-0.25, -0.2) is 17.2 Å². The average Bonchev–Trinajstić information content (AvgIpc) is 2.75. The first-order chi connectivity index (χ1) is 8.40. The highest BCUT2D eigenvalue weighted by atomic mass is 32.2. The van der Waals surface area contributed by atoms with E-state index < -0.39 is 32.2 Å². The summed E-state index contributed by atoms with van der Waals surface area (Å²) in [5, 5.41) is 5.91. The number of rotatable bonds is 3. The van der Waals surface area contributed by atoms with Gasteiger partial charge in [-0.05, 0) is 6.07 Å². The van der Waals surface area contributed by atoms with Crippen LogP contribution < -0.4 is 10.5 Å².